The lowest BCUT2D eigenvalue weighted by Gasteiger charge is -1.92. The Morgan fingerprint density at radius 2 is 1.86 bits per heavy atom. The molecule has 2 aromatic heterocycles. The molecule has 1 aromatic carbocycles. The summed E-state index contributed by atoms with van der Waals surface area (Å²) in [6, 6.07) is 12.4. The zero-order chi connectivity index (χ0) is 9.38. The van der Waals surface area contributed by atoms with Gasteiger partial charge in [0.05, 0.1) is 4.70 Å². The summed E-state index contributed by atoms with van der Waals surface area (Å²) >= 11 is 3.46. The maximum absolute atomic E-state index is 4.58. The zero-order valence-electron chi connectivity index (χ0n) is 7.31. The van der Waals surface area contributed by atoms with E-state index in [2.05, 4.69) is 28.6 Å². The highest BCUT2D eigenvalue weighted by Crippen LogP contribution is 2.32. The molecule has 0 unspecified atom stereocenters. The first kappa shape index (κ1) is 8.15. The van der Waals surface area contributed by atoms with E-state index in [9.17, 15) is 0 Å². The molecule has 0 bridgehead atoms. The molecule has 3 rings (SSSR count). The van der Waals surface area contributed by atoms with E-state index >= 15 is 0 Å². The van der Waals surface area contributed by atoms with Gasteiger partial charge in [0.15, 0.2) is 0 Å². The van der Waals surface area contributed by atoms with Gasteiger partial charge in [-0.25, -0.2) is 4.98 Å². The molecule has 0 aliphatic rings. The second-order valence-electron chi connectivity index (χ2n) is 2.98. The Kier molecular flexibility index (Phi) is 1.85. The highest BCUT2D eigenvalue weighted by molar-refractivity contribution is 7.27. The molecule has 68 valence electrons. The predicted octanol–water partition coefficient (Wildman–Crippen LogP) is 4.02. The van der Waals surface area contributed by atoms with Crippen LogP contribution in [-0.2, 0) is 0 Å². The Morgan fingerprint density at radius 1 is 1.00 bits per heavy atom. The van der Waals surface area contributed by atoms with Crippen LogP contribution < -0.4 is 0 Å². The molecule has 14 heavy (non-hydrogen) atoms. The molecule has 0 saturated heterocycles. The minimum absolute atomic E-state index is 1.12. The number of nitrogens with zero attached hydrogens (tertiary/aromatic N) is 1. The molecular formula is C11H7NS2. The van der Waals surface area contributed by atoms with Gasteiger partial charge in [0.1, 0.15) is 9.84 Å². The quantitative estimate of drug-likeness (QED) is 0.600. The molecule has 0 saturated carbocycles. The second kappa shape index (κ2) is 3.19. The Balaban J connectivity index is 2.19. The molecule has 2 heterocycles. The standard InChI is InChI=1S/C11H7NS2/c1-2-4-8(5-3-1)10-12-11-9(14-10)6-7-13-11/h1-7H. The number of hydrogen-bond donors (Lipinski definition) is 0. The smallest absolute Gasteiger partial charge is 0.135 e. The van der Waals surface area contributed by atoms with Gasteiger partial charge in [-0.2, -0.15) is 0 Å². The van der Waals surface area contributed by atoms with Crippen LogP contribution in [-0.4, -0.2) is 4.98 Å². The van der Waals surface area contributed by atoms with Crippen molar-refractivity contribution < 1.29 is 0 Å². The van der Waals surface area contributed by atoms with E-state index in [1.807, 2.05) is 18.2 Å². The zero-order valence-corrected chi connectivity index (χ0v) is 8.94. The second-order valence-corrected chi connectivity index (χ2v) is 4.90. The van der Waals surface area contributed by atoms with Gasteiger partial charge in [0.2, 0.25) is 0 Å². The summed E-state index contributed by atoms with van der Waals surface area (Å²) < 4.78 is 1.29. The fourth-order valence-corrected chi connectivity index (χ4v) is 3.31. The first-order chi connectivity index (χ1) is 6.93. The summed E-state index contributed by atoms with van der Waals surface area (Å²) in [6.07, 6.45) is 0. The molecule has 0 N–H and O–H groups in total. The van der Waals surface area contributed by atoms with Crippen LogP contribution in [0.5, 0.6) is 0 Å². The predicted molar refractivity (Wildman–Crippen MR) is 62.9 cm³/mol. The van der Waals surface area contributed by atoms with Crippen molar-refractivity contribution in [3.8, 4) is 10.6 Å². The highest BCUT2D eigenvalue weighted by Gasteiger charge is 2.05. The molecule has 0 radical (unpaired) electrons. The third kappa shape index (κ3) is 1.25. The monoisotopic (exact) mass is 217 g/mol. The minimum atomic E-state index is 1.12. The van der Waals surface area contributed by atoms with Crippen molar-refractivity contribution in [3.63, 3.8) is 0 Å². The highest BCUT2D eigenvalue weighted by atomic mass is 32.1. The number of rotatable bonds is 1. The summed E-state index contributed by atoms with van der Waals surface area (Å²) in [5.41, 5.74) is 1.21. The van der Waals surface area contributed by atoms with Gasteiger partial charge in [-0.15, -0.1) is 22.7 Å². The number of aromatic nitrogens is 1. The Labute approximate surface area is 89.7 Å². The molecule has 3 heteroatoms. The van der Waals surface area contributed by atoms with Crippen molar-refractivity contribution >= 4 is 32.2 Å². The molecule has 0 spiro atoms. The lowest BCUT2D eigenvalue weighted by molar-refractivity contribution is 1.50. The van der Waals surface area contributed by atoms with Crippen LogP contribution in [0.4, 0.5) is 0 Å². The molecule has 0 aliphatic carbocycles. The Morgan fingerprint density at radius 3 is 2.64 bits per heavy atom. The van der Waals surface area contributed by atoms with Crippen molar-refractivity contribution in [2.45, 2.75) is 0 Å². The molecule has 1 nitrogen and oxygen atoms in total. The van der Waals surface area contributed by atoms with Crippen LogP contribution in [0.2, 0.25) is 0 Å². The van der Waals surface area contributed by atoms with Crippen LogP contribution in [0, 0.1) is 0 Å². The lowest BCUT2D eigenvalue weighted by atomic mass is 10.2. The number of fused-ring (bicyclic) bond motifs is 1. The molecule has 0 fully saturated rings. The van der Waals surface area contributed by atoms with E-state index in [1.165, 1.54) is 10.3 Å². The van der Waals surface area contributed by atoms with Crippen LogP contribution in [0.3, 0.4) is 0 Å². The van der Waals surface area contributed by atoms with E-state index in [4.69, 9.17) is 0 Å². The van der Waals surface area contributed by atoms with Gasteiger partial charge in [-0.3, -0.25) is 0 Å². The third-order valence-corrected chi connectivity index (χ3v) is 4.05. The van der Waals surface area contributed by atoms with Gasteiger partial charge in [-0.1, -0.05) is 30.3 Å². The van der Waals surface area contributed by atoms with Gasteiger partial charge < -0.3 is 0 Å². The topological polar surface area (TPSA) is 12.9 Å². The first-order valence-corrected chi connectivity index (χ1v) is 6.02. The van der Waals surface area contributed by atoms with E-state index in [0.717, 1.165) is 9.84 Å². The molecular weight excluding hydrogens is 210 g/mol. The molecule has 0 atom stereocenters. The van der Waals surface area contributed by atoms with Crippen molar-refractivity contribution in [2.75, 3.05) is 0 Å². The average molecular weight is 217 g/mol. The molecule has 0 aliphatic heterocycles. The summed E-state index contributed by atoms with van der Waals surface area (Å²) in [5, 5.41) is 3.20. The van der Waals surface area contributed by atoms with Gasteiger partial charge in [0, 0.05) is 5.56 Å². The third-order valence-electron chi connectivity index (χ3n) is 2.04. The van der Waals surface area contributed by atoms with Gasteiger partial charge in [-0.05, 0) is 11.4 Å². The van der Waals surface area contributed by atoms with E-state index in [0.29, 0.717) is 0 Å². The van der Waals surface area contributed by atoms with Crippen LogP contribution in [0.15, 0.2) is 41.8 Å². The number of hydrogen-bond acceptors (Lipinski definition) is 3. The first-order valence-electron chi connectivity index (χ1n) is 4.33. The van der Waals surface area contributed by atoms with E-state index < -0.39 is 0 Å². The molecule has 3 aromatic rings. The summed E-state index contributed by atoms with van der Waals surface area (Å²) in [4.78, 5) is 5.73. The van der Waals surface area contributed by atoms with Crippen molar-refractivity contribution in [1.82, 2.24) is 4.98 Å². The summed E-state index contributed by atoms with van der Waals surface area (Å²) in [7, 11) is 0. The van der Waals surface area contributed by atoms with Gasteiger partial charge in [0.25, 0.3) is 0 Å². The SMILES string of the molecule is c1ccc(-c2nc3sccc3s2)cc1. The number of thiazole rings is 1. The number of thiophene rings is 1. The normalized spacial score (nSPS) is 10.9. The maximum atomic E-state index is 4.58. The Bertz CT molecular complexity index is 522. The fraction of sp³-hybridized carbons (Fsp3) is 0. The lowest BCUT2D eigenvalue weighted by Crippen LogP contribution is -1.72. The van der Waals surface area contributed by atoms with Crippen LogP contribution in [0.1, 0.15) is 0 Å². The van der Waals surface area contributed by atoms with Crippen molar-refractivity contribution in [3.05, 3.63) is 41.8 Å². The fourth-order valence-electron chi connectivity index (χ4n) is 1.37. The maximum Gasteiger partial charge on any atom is 0.135 e. The summed E-state index contributed by atoms with van der Waals surface area (Å²) in [6.45, 7) is 0. The number of benzene rings is 1. The minimum Gasteiger partial charge on any atom is -0.225 e. The summed E-state index contributed by atoms with van der Waals surface area (Å²) in [5.74, 6) is 0. The Hall–Kier alpha value is -1.19. The van der Waals surface area contributed by atoms with Crippen molar-refractivity contribution in [1.29, 1.82) is 0 Å². The molecule has 0 amide bonds. The average Bonchev–Trinajstić information content (AvgIpc) is 2.78. The van der Waals surface area contributed by atoms with Crippen LogP contribution in [0.25, 0.3) is 20.1 Å². The van der Waals surface area contributed by atoms with Crippen LogP contribution >= 0.6 is 22.7 Å². The van der Waals surface area contributed by atoms with Gasteiger partial charge >= 0.3 is 0 Å². The largest absolute Gasteiger partial charge is 0.225 e. The van der Waals surface area contributed by atoms with Crippen molar-refractivity contribution in [2.24, 2.45) is 0 Å². The van der Waals surface area contributed by atoms with E-state index in [1.54, 1.807) is 22.7 Å². The van der Waals surface area contributed by atoms with E-state index in [-0.39, 0.29) is 0 Å².